The number of rotatable bonds is 3. The second-order valence-electron chi connectivity index (χ2n) is 5.33. The maximum Gasteiger partial charge on any atom is 0.111 e. The van der Waals surface area contributed by atoms with Gasteiger partial charge in [-0.15, -0.1) is 0 Å². The predicted octanol–water partition coefficient (Wildman–Crippen LogP) is 7.24. The summed E-state index contributed by atoms with van der Waals surface area (Å²) in [6, 6.07) is 8.90. The molecule has 1 N–H and O–H groups in total. The summed E-state index contributed by atoms with van der Waals surface area (Å²) in [7, 11) is 0. The first-order chi connectivity index (χ1) is 11.3. The third-order valence-electron chi connectivity index (χ3n) is 3.54. The van der Waals surface area contributed by atoms with Crippen molar-refractivity contribution in [2.24, 2.45) is 0 Å². The minimum Gasteiger partial charge on any atom is -0.345 e. The van der Waals surface area contributed by atoms with Gasteiger partial charge >= 0.3 is 0 Å². The van der Waals surface area contributed by atoms with Crippen LogP contribution in [0.4, 0.5) is 0 Å². The molecule has 1 heterocycles. The molecule has 0 aliphatic rings. The van der Waals surface area contributed by atoms with Crippen LogP contribution in [-0.4, -0.2) is 9.97 Å². The molecule has 7 heteroatoms. The Labute approximate surface area is 164 Å². The molecule has 124 valence electrons. The summed E-state index contributed by atoms with van der Waals surface area (Å²) in [4.78, 5) is 7.91. The van der Waals surface area contributed by atoms with Crippen molar-refractivity contribution in [1.82, 2.24) is 9.97 Å². The van der Waals surface area contributed by atoms with Crippen molar-refractivity contribution < 1.29 is 0 Å². The lowest BCUT2D eigenvalue weighted by atomic mass is 10.1. The Kier molecular flexibility index (Phi) is 5.33. The van der Waals surface area contributed by atoms with E-state index in [1.165, 1.54) is 0 Å². The number of H-pyrrole nitrogens is 1. The van der Waals surface area contributed by atoms with Crippen LogP contribution in [0.15, 0.2) is 30.3 Å². The van der Waals surface area contributed by atoms with Crippen molar-refractivity contribution in [3.8, 4) is 11.3 Å². The number of aromatic nitrogens is 2. The van der Waals surface area contributed by atoms with Crippen LogP contribution in [0.5, 0.6) is 0 Å². The van der Waals surface area contributed by atoms with E-state index in [-0.39, 0.29) is 0 Å². The summed E-state index contributed by atoms with van der Waals surface area (Å²) in [5, 5.41) is 2.34. The Morgan fingerprint density at radius 1 is 0.917 bits per heavy atom. The maximum absolute atomic E-state index is 6.28. The summed E-state index contributed by atoms with van der Waals surface area (Å²) in [6.07, 6.45) is 0.544. The van der Waals surface area contributed by atoms with Crippen LogP contribution in [0.3, 0.4) is 0 Å². The second kappa shape index (κ2) is 7.15. The molecule has 24 heavy (non-hydrogen) atoms. The van der Waals surface area contributed by atoms with Crippen LogP contribution in [-0.2, 0) is 6.42 Å². The monoisotopic (exact) mass is 418 g/mol. The lowest BCUT2D eigenvalue weighted by Crippen LogP contribution is -1.92. The van der Waals surface area contributed by atoms with Crippen LogP contribution >= 0.6 is 58.0 Å². The highest BCUT2D eigenvalue weighted by molar-refractivity contribution is 6.48. The van der Waals surface area contributed by atoms with Gasteiger partial charge < -0.3 is 4.98 Å². The number of imidazole rings is 1. The van der Waals surface area contributed by atoms with Crippen molar-refractivity contribution in [1.29, 1.82) is 0 Å². The number of hydrogen-bond acceptors (Lipinski definition) is 1. The number of aromatic amines is 1. The Hall–Kier alpha value is -0.900. The van der Waals surface area contributed by atoms with Crippen molar-refractivity contribution in [2.75, 3.05) is 0 Å². The quantitative estimate of drug-likeness (QED) is 0.444. The molecular formula is C17H11Cl5N2. The van der Waals surface area contributed by atoms with E-state index in [1.807, 2.05) is 13.0 Å². The first-order valence-corrected chi connectivity index (χ1v) is 8.88. The van der Waals surface area contributed by atoms with Crippen LogP contribution < -0.4 is 0 Å². The van der Waals surface area contributed by atoms with Crippen molar-refractivity contribution in [2.45, 2.75) is 13.3 Å². The Balaban J connectivity index is 1.95. The zero-order chi connectivity index (χ0) is 17.4. The number of halogens is 5. The number of benzene rings is 2. The zero-order valence-corrected chi connectivity index (χ0v) is 16.2. The largest absolute Gasteiger partial charge is 0.345 e. The fourth-order valence-electron chi connectivity index (χ4n) is 2.45. The van der Waals surface area contributed by atoms with Gasteiger partial charge in [0.05, 0.1) is 25.8 Å². The molecule has 0 atom stereocenters. The molecule has 2 aromatic carbocycles. The van der Waals surface area contributed by atoms with Crippen LogP contribution in [0.1, 0.15) is 17.1 Å². The van der Waals surface area contributed by atoms with Gasteiger partial charge in [0.15, 0.2) is 0 Å². The Morgan fingerprint density at radius 2 is 1.58 bits per heavy atom. The number of nitrogens with one attached hydrogen (secondary N) is 1. The van der Waals surface area contributed by atoms with E-state index >= 15 is 0 Å². The molecule has 0 aliphatic carbocycles. The third-order valence-corrected chi connectivity index (χ3v) is 5.28. The molecule has 2 nitrogen and oxygen atoms in total. The van der Waals surface area contributed by atoms with E-state index in [0.717, 1.165) is 28.3 Å². The molecule has 0 radical (unpaired) electrons. The fourth-order valence-corrected chi connectivity index (χ4v) is 3.59. The first-order valence-electron chi connectivity index (χ1n) is 6.99. The topological polar surface area (TPSA) is 28.7 Å². The first kappa shape index (κ1) is 17.9. The van der Waals surface area contributed by atoms with Gasteiger partial charge in [-0.05, 0) is 42.8 Å². The van der Waals surface area contributed by atoms with Crippen molar-refractivity contribution in [3.63, 3.8) is 0 Å². The highest BCUT2D eigenvalue weighted by atomic mass is 35.5. The summed E-state index contributed by atoms with van der Waals surface area (Å²) >= 11 is 30.4. The Morgan fingerprint density at radius 3 is 2.21 bits per heavy atom. The smallest absolute Gasteiger partial charge is 0.111 e. The van der Waals surface area contributed by atoms with Gasteiger partial charge in [-0.25, -0.2) is 4.98 Å². The SMILES string of the molecule is Cc1[nH]c(Cc2cc(Cl)c(Cl)c(Cl)c2)nc1-c1ccc(Cl)cc1Cl. The molecular weight excluding hydrogens is 409 g/mol. The zero-order valence-electron chi connectivity index (χ0n) is 12.4. The van der Waals surface area contributed by atoms with E-state index in [9.17, 15) is 0 Å². The summed E-state index contributed by atoms with van der Waals surface area (Å²) in [5.74, 6) is 0.781. The molecule has 0 unspecified atom stereocenters. The molecule has 3 rings (SSSR count). The average molecular weight is 421 g/mol. The van der Waals surface area contributed by atoms with Gasteiger partial charge in [0.25, 0.3) is 0 Å². The van der Waals surface area contributed by atoms with Crippen LogP contribution in [0, 0.1) is 6.92 Å². The highest BCUT2D eigenvalue weighted by Crippen LogP contribution is 2.33. The standard InChI is InChI=1S/C17H11Cl5N2/c1-8-17(11-3-2-10(18)7-12(11)19)24-15(23-8)6-9-4-13(20)16(22)14(21)5-9/h2-5,7H,6H2,1H3,(H,23,24). The molecule has 0 amide bonds. The molecule has 0 aliphatic heterocycles. The number of aryl methyl sites for hydroxylation is 1. The normalized spacial score (nSPS) is 11.1. The lowest BCUT2D eigenvalue weighted by molar-refractivity contribution is 1.02. The van der Waals surface area contributed by atoms with Crippen molar-refractivity contribution >= 4 is 58.0 Å². The van der Waals surface area contributed by atoms with Gasteiger partial charge in [-0.3, -0.25) is 0 Å². The lowest BCUT2D eigenvalue weighted by Gasteiger charge is -2.04. The minimum atomic E-state index is 0.353. The van der Waals surface area contributed by atoms with Gasteiger partial charge in [0.1, 0.15) is 5.82 Å². The molecule has 0 fully saturated rings. The van der Waals surface area contributed by atoms with E-state index in [0.29, 0.717) is 31.5 Å². The van der Waals surface area contributed by atoms with E-state index in [4.69, 9.17) is 58.0 Å². The Bertz CT molecular complexity index is 894. The minimum absolute atomic E-state index is 0.353. The summed E-state index contributed by atoms with van der Waals surface area (Å²) in [6.45, 7) is 1.94. The van der Waals surface area contributed by atoms with Crippen LogP contribution in [0.2, 0.25) is 25.1 Å². The van der Waals surface area contributed by atoms with Gasteiger partial charge in [0.2, 0.25) is 0 Å². The summed E-state index contributed by atoms with van der Waals surface area (Å²) < 4.78 is 0. The molecule has 0 saturated carbocycles. The average Bonchev–Trinajstić information content (AvgIpc) is 2.85. The van der Waals surface area contributed by atoms with E-state index < -0.39 is 0 Å². The van der Waals surface area contributed by atoms with E-state index in [2.05, 4.69) is 9.97 Å². The number of hydrogen-bond donors (Lipinski definition) is 1. The van der Waals surface area contributed by atoms with Gasteiger partial charge in [0, 0.05) is 22.7 Å². The number of nitrogens with zero attached hydrogens (tertiary/aromatic N) is 1. The molecule has 0 saturated heterocycles. The second-order valence-corrected chi connectivity index (χ2v) is 7.37. The molecule has 0 bridgehead atoms. The molecule has 1 aromatic heterocycles. The van der Waals surface area contributed by atoms with Crippen molar-refractivity contribution in [3.05, 3.63) is 72.5 Å². The predicted molar refractivity (Wildman–Crippen MR) is 103 cm³/mol. The molecule has 3 aromatic rings. The van der Waals surface area contributed by atoms with Gasteiger partial charge in [-0.2, -0.15) is 0 Å². The third kappa shape index (κ3) is 3.68. The van der Waals surface area contributed by atoms with Crippen LogP contribution in [0.25, 0.3) is 11.3 Å². The maximum atomic E-state index is 6.28. The highest BCUT2D eigenvalue weighted by Gasteiger charge is 2.14. The summed E-state index contributed by atoms with van der Waals surface area (Å²) in [5.41, 5.74) is 3.45. The fraction of sp³-hybridized carbons (Fsp3) is 0.118. The van der Waals surface area contributed by atoms with E-state index in [1.54, 1.807) is 24.3 Å². The molecule has 0 spiro atoms. The van der Waals surface area contributed by atoms with Gasteiger partial charge in [-0.1, -0.05) is 58.0 Å².